The van der Waals surface area contributed by atoms with Crippen molar-refractivity contribution in [1.29, 1.82) is 0 Å². The van der Waals surface area contributed by atoms with Gasteiger partial charge in [0.1, 0.15) is 12.2 Å². The van der Waals surface area contributed by atoms with Crippen LogP contribution in [0.4, 0.5) is 0 Å². The fourth-order valence-corrected chi connectivity index (χ4v) is 5.25. The van der Waals surface area contributed by atoms with Crippen LogP contribution in [0, 0.1) is 11.3 Å². The van der Waals surface area contributed by atoms with Gasteiger partial charge in [0.05, 0.1) is 18.2 Å². The van der Waals surface area contributed by atoms with E-state index in [4.69, 9.17) is 0 Å². The van der Waals surface area contributed by atoms with Crippen molar-refractivity contribution < 1.29 is 4.79 Å². The van der Waals surface area contributed by atoms with Gasteiger partial charge >= 0.3 is 0 Å². The molecule has 2 fully saturated rings. The number of carbonyl (C=O) groups excluding carboxylic acids is 1. The van der Waals surface area contributed by atoms with Gasteiger partial charge in [-0.1, -0.05) is 13.8 Å². The second kappa shape index (κ2) is 7.89. The van der Waals surface area contributed by atoms with Crippen LogP contribution in [-0.2, 0) is 32.0 Å². The molecule has 29 heavy (non-hydrogen) atoms. The minimum Gasteiger partial charge on any atom is -0.351 e. The first-order chi connectivity index (χ1) is 13.9. The number of fused-ring (bicyclic) bond motifs is 2. The van der Waals surface area contributed by atoms with Crippen molar-refractivity contribution in [2.24, 2.45) is 25.4 Å². The molecule has 1 N–H and O–H groups in total. The summed E-state index contributed by atoms with van der Waals surface area (Å²) in [4.78, 5) is 16.1. The van der Waals surface area contributed by atoms with Gasteiger partial charge in [-0.25, -0.2) is 0 Å². The quantitative estimate of drug-likeness (QED) is 0.735. The Balaban J connectivity index is 1.53. The highest BCUT2D eigenvalue weighted by atomic mass is 16.2. The fourth-order valence-electron chi connectivity index (χ4n) is 5.25. The highest BCUT2D eigenvalue weighted by Crippen LogP contribution is 2.53. The lowest BCUT2D eigenvalue weighted by Crippen LogP contribution is -2.49. The maximum absolute atomic E-state index is 13.6. The number of hydrogen-bond donors (Lipinski definition) is 1. The number of hydrogen-bond acceptors (Lipinski definition) is 5. The lowest BCUT2D eigenvalue weighted by Gasteiger charge is -2.37. The third-order valence-corrected chi connectivity index (χ3v) is 6.84. The molecule has 2 saturated heterocycles. The molecule has 2 aliphatic heterocycles. The van der Waals surface area contributed by atoms with E-state index in [1.165, 1.54) is 6.42 Å². The van der Waals surface area contributed by atoms with Gasteiger partial charge < -0.3 is 9.88 Å². The van der Waals surface area contributed by atoms with Gasteiger partial charge in [-0.05, 0) is 38.0 Å². The molecule has 8 nitrogen and oxygen atoms in total. The van der Waals surface area contributed by atoms with Crippen molar-refractivity contribution in [1.82, 2.24) is 34.8 Å². The zero-order valence-corrected chi connectivity index (χ0v) is 18.0. The summed E-state index contributed by atoms with van der Waals surface area (Å²) in [6.45, 7) is 5.79. The zero-order valence-electron chi connectivity index (χ0n) is 18.0. The average molecular weight is 400 g/mol. The van der Waals surface area contributed by atoms with Crippen LogP contribution in [0.2, 0.25) is 0 Å². The molecule has 0 unspecified atom stereocenters. The van der Waals surface area contributed by atoms with Gasteiger partial charge in [-0.15, -0.1) is 10.2 Å². The summed E-state index contributed by atoms with van der Waals surface area (Å²) in [7, 11) is 3.88. The minimum atomic E-state index is -0.312. The number of rotatable bonds is 8. The van der Waals surface area contributed by atoms with E-state index in [2.05, 4.69) is 39.4 Å². The standard InChI is InChI=1S/C21H33N7O/c1-15(2)7-8-21(20(29)22-10-16-11-24-27(4)12-16)9-17-5-6-18(21)28(17)13-19-25-23-14-26(19)3/h11-12,14-15,17-18H,5-10,13H2,1-4H3,(H,22,29)/t17-,18+,21+/m1/s1. The third-order valence-electron chi connectivity index (χ3n) is 6.84. The van der Waals surface area contributed by atoms with Crippen molar-refractivity contribution >= 4 is 5.91 Å². The molecule has 2 aromatic heterocycles. The van der Waals surface area contributed by atoms with Gasteiger partial charge in [0, 0.05) is 44.5 Å². The molecule has 2 aromatic rings. The number of nitrogens with one attached hydrogen (secondary N) is 1. The van der Waals surface area contributed by atoms with E-state index in [1.807, 2.05) is 31.1 Å². The summed E-state index contributed by atoms with van der Waals surface area (Å²) in [6, 6.07) is 0.727. The van der Waals surface area contributed by atoms with E-state index in [1.54, 1.807) is 11.0 Å². The average Bonchev–Trinajstić information content (AvgIpc) is 3.45. The van der Waals surface area contributed by atoms with Crippen molar-refractivity contribution in [3.8, 4) is 0 Å². The van der Waals surface area contributed by atoms with Crippen LogP contribution < -0.4 is 5.32 Å². The molecule has 0 spiro atoms. The largest absolute Gasteiger partial charge is 0.351 e. The van der Waals surface area contributed by atoms with E-state index in [9.17, 15) is 4.79 Å². The summed E-state index contributed by atoms with van der Waals surface area (Å²) in [5.41, 5.74) is 0.729. The van der Waals surface area contributed by atoms with Gasteiger partial charge in [0.15, 0.2) is 0 Å². The molecule has 2 aliphatic rings. The fraction of sp³-hybridized carbons (Fsp3) is 0.714. The molecule has 3 atom stereocenters. The van der Waals surface area contributed by atoms with Crippen LogP contribution in [0.15, 0.2) is 18.7 Å². The Morgan fingerprint density at radius 1 is 1.34 bits per heavy atom. The Kier molecular flexibility index (Phi) is 5.46. The summed E-state index contributed by atoms with van der Waals surface area (Å²) >= 11 is 0. The Labute approximate surface area is 172 Å². The SMILES string of the molecule is CC(C)CC[C@]1(C(=O)NCc2cnn(C)c2)C[C@H]2CC[C@@H]1N2Cc1nncn1C. The molecule has 4 rings (SSSR count). The summed E-state index contributed by atoms with van der Waals surface area (Å²) in [5, 5.41) is 15.8. The Morgan fingerprint density at radius 2 is 2.17 bits per heavy atom. The molecule has 2 bridgehead atoms. The van der Waals surface area contributed by atoms with Crippen LogP contribution in [0.1, 0.15) is 57.3 Å². The molecule has 0 radical (unpaired) electrons. The summed E-state index contributed by atoms with van der Waals surface area (Å²) in [6.07, 6.45) is 10.7. The minimum absolute atomic E-state index is 0.206. The van der Waals surface area contributed by atoms with Crippen molar-refractivity contribution in [3.63, 3.8) is 0 Å². The second-order valence-corrected chi connectivity index (χ2v) is 9.28. The highest BCUT2D eigenvalue weighted by Gasteiger charge is 2.59. The third kappa shape index (κ3) is 3.82. The maximum atomic E-state index is 13.6. The first-order valence-electron chi connectivity index (χ1n) is 10.7. The number of aryl methyl sites for hydroxylation is 2. The number of nitrogens with zero attached hydrogens (tertiary/aromatic N) is 6. The number of aromatic nitrogens is 5. The first-order valence-corrected chi connectivity index (χ1v) is 10.7. The molecule has 158 valence electrons. The molecule has 8 heteroatoms. The van der Waals surface area contributed by atoms with E-state index in [-0.39, 0.29) is 17.4 Å². The monoisotopic (exact) mass is 399 g/mol. The number of amides is 1. The maximum Gasteiger partial charge on any atom is 0.228 e. The van der Waals surface area contributed by atoms with Crippen LogP contribution in [0.3, 0.4) is 0 Å². The van der Waals surface area contributed by atoms with E-state index in [0.717, 1.165) is 43.6 Å². The normalized spacial score (nSPS) is 26.5. The smallest absolute Gasteiger partial charge is 0.228 e. The zero-order chi connectivity index (χ0) is 20.6. The lowest BCUT2D eigenvalue weighted by atomic mass is 9.69. The number of carbonyl (C=O) groups is 1. The first kappa shape index (κ1) is 20.1. The van der Waals surface area contributed by atoms with E-state index >= 15 is 0 Å². The molecule has 0 saturated carbocycles. The highest BCUT2D eigenvalue weighted by molar-refractivity contribution is 5.84. The predicted molar refractivity (Wildman–Crippen MR) is 110 cm³/mol. The summed E-state index contributed by atoms with van der Waals surface area (Å²) in [5.74, 6) is 1.76. The van der Waals surface area contributed by atoms with E-state index in [0.29, 0.717) is 18.5 Å². The molecular weight excluding hydrogens is 366 g/mol. The van der Waals surface area contributed by atoms with Crippen LogP contribution in [0.25, 0.3) is 0 Å². The Hall–Kier alpha value is -2.22. The molecule has 1 amide bonds. The summed E-state index contributed by atoms with van der Waals surface area (Å²) < 4.78 is 3.76. The molecule has 0 aromatic carbocycles. The van der Waals surface area contributed by atoms with Crippen molar-refractivity contribution in [2.45, 2.75) is 71.1 Å². The predicted octanol–water partition coefficient (Wildman–Crippen LogP) is 2.02. The topological polar surface area (TPSA) is 80.9 Å². The van der Waals surface area contributed by atoms with Gasteiger partial charge in [0.25, 0.3) is 0 Å². The van der Waals surface area contributed by atoms with Gasteiger partial charge in [0.2, 0.25) is 5.91 Å². The second-order valence-electron chi connectivity index (χ2n) is 9.28. The molecule has 0 aliphatic carbocycles. The van der Waals surface area contributed by atoms with Crippen LogP contribution >= 0.6 is 0 Å². The Morgan fingerprint density at radius 3 is 2.83 bits per heavy atom. The van der Waals surface area contributed by atoms with Gasteiger partial charge in [-0.3, -0.25) is 14.4 Å². The van der Waals surface area contributed by atoms with E-state index < -0.39 is 0 Å². The lowest BCUT2D eigenvalue weighted by molar-refractivity contribution is -0.133. The van der Waals surface area contributed by atoms with Crippen molar-refractivity contribution in [2.75, 3.05) is 0 Å². The molecule has 4 heterocycles. The Bertz CT molecular complexity index is 857. The van der Waals surface area contributed by atoms with Crippen LogP contribution in [0.5, 0.6) is 0 Å². The van der Waals surface area contributed by atoms with Gasteiger partial charge in [-0.2, -0.15) is 5.10 Å². The molecular formula is C21H33N7O. The van der Waals surface area contributed by atoms with Crippen molar-refractivity contribution in [3.05, 3.63) is 30.1 Å². The van der Waals surface area contributed by atoms with Crippen LogP contribution in [-0.4, -0.2) is 47.4 Å².